The SMILES string of the molecule is Cc1c(C(=O)[O-])sc2ccccc12.[K+]. The fourth-order valence-corrected chi connectivity index (χ4v) is 2.41. The van der Waals surface area contributed by atoms with Crippen molar-refractivity contribution in [3.05, 3.63) is 34.7 Å². The van der Waals surface area contributed by atoms with E-state index in [0.717, 1.165) is 15.6 Å². The van der Waals surface area contributed by atoms with E-state index in [4.69, 9.17) is 0 Å². The number of fused-ring (bicyclic) bond motifs is 1. The number of benzene rings is 1. The molecule has 0 aliphatic rings. The molecule has 2 aromatic rings. The Kier molecular flexibility index (Phi) is 4.30. The molecule has 0 radical (unpaired) electrons. The average Bonchev–Trinajstić information content (AvgIpc) is 2.45. The number of thiophene rings is 1. The summed E-state index contributed by atoms with van der Waals surface area (Å²) in [6, 6.07) is 7.64. The molecule has 0 bridgehead atoms. The molecule has 1 heterocycles. The number of rotatable bonds is 1. The minimum absolute atomic E-state index is 0. The van der Waals surface area contributed by atoms with Crippen LogP contribution in [0.1, 0.15) is 15.2 Å². The van der Waals surface area contributed by atoms with Gasteiger partial charge < -0.3 is 9.90 Å². The summed E-state index contributed by atoms with van der Waals surface area (Å²) >= 11 is 1.27. The molecule has 0 unspecified atom stereocenters. The van der Waals surface area contributed by atoms with Crippen molar-refractivity contribution in [1.29, 1.82) is 0 Å². The number of carboxylic acids is 1. The Morgan fingerprint density at radius 2 is 2.00 bits per heavy atom. The molecular formula is C10H7KO2S. The number of aryl methyl sites for hydroxylation is 1. The summed E-state index contributed by atoms with van der Waals surface area (Å²) in [6.07, 6.45) is 0. The van der Waals surface area contributed by atoms with Crippen molar-refractivity contribution in [3.8, 4) is 0 Å². The first-order valence-corrected chi connectivity index (χ1v) is 4.71. The van der Waals surface area contributed by atoms with Crippen molar-refractivity contribution < 1.29 is 61.3 Å². The minimum atomic E-state index is -1.08. The smallest absolute Gasteiger partial charge is 0.544 e. The van der Waals surface area contributed by atoms with Crippen molar-refractivity contribution in [3.63, 3.8) is 0 Å². The third-order valence-corrected chi connectivity index (χ3v) is 3.28. The third-order valence-electron chi connectivity index (χ3n) is 2.03. The van der Waals surface area contributed by atoms with Gasteiger partial charge in [-0.1, -0.05) is 18.2 Å². The molecule has 1 aromatic heterocycles. The summed E-state index contributed by atoms with van der Waals surface area (Å²) in [5.74, 6) is -1.08. The summed E-state index contributed by atoms with van der Waals surface area (Å²) in [6.45, 7) is 1.81. The van der Waals surface area contributed by atoms with Crippen LogP contribution in [0, 0.1) is 6.92 Å². The third kappa shape index (κ3) is 2.10. The van der Waals surface area contributed by atoms with Gasteiger partial charge in [0.25, 0.3) is 0 Å². The van der Waals surface area contributed by atoms with Crippen LogP contribution in [0.5, 0.6) is 0 Å². The number of hydrogen-bond donors (Lipinski definition) is 0. The molecule has 0 aliphatic heterocycles. The van der Waals surface area contributed by atoms with Crippen LogP contribution in [0.25, 0.3) is 10.1 Å². The largest absolute Gasteiger partial charge is 1.00 e. The summed E-state index contributed by atoms with van der Waals surface area (Å²) in [5.41, 5.74) is 0.806. The van der Waals surface area contributed by atoms with Crippen LogP contribution >= 0.6 is 11.3 Å². The molecule has 2 rings (SSSR count). The van der Waals surface area contributed by atoms with Gasteiger partial charge in [0.1, 0.15) is 0 Å². The second kappa shape index (κ2) is 4.87. The number of carboxylic acid groups (broad SMARTS) is 1. The minimum Gasteiger partial charge on any atom is -0.544 e. The van der Waals surface area contributed by atoms with Crippen LogP contribution in [0.2, 0.25) is 0 Å². The molecule has 0 saturated heterocycles. The van der Waals surface area contributed by atoms with Gasteiger partial charge in [0, 0.05) is 4.70 Å². The van der Waals surface area contributed by atoms with Crippen molar-refractivity contribution >= 4 is 27.4 Å². The normalized spacial score (nSPS) is 9.79. The van der Waals surface area contributed by atoms with Gasteiger partial charge in [-0.15, -0.1) is 11.3 Å². The van der Waals surface area contributed by atoms with Gasteiger partial charge in [-0.2, -0.15) is 0 Å². The molecule has 66 valence electrons. The van der Waals surface area contributed by atoms with E-state index in [1.807, 2.05) is 31.2 Å². The first kappa shape index (κ1) is 12.4. The van der Waals surface area contributed by atoms with Gasteiger partial charge >= 0.3 is 51.4 Å². The van der Waals surface area contributed by atoms with Gasteiger partial charge in [-0.3, -0.25) is 0 Å². The Morgan fingerprint density at radius 3 is 2.57 bits per heavy atom. The topological polar surface area (TPSA) is 40.1 Å². The zero-order valence-electron chi connectivity index (χ0n) is 8.03. The zero-order chi connectivity index (χ0) is 9.42. The van der Waals surface area contributed by atoms with E-state index >= 15 is 0 Å². The summed E-state index contributed by atoms with van der Waals surface area (Å²) in [7, 11) is 0. The van der Waals surface area contributed by atoms with Crippen molar-refractivity contribution in [2.24, 2.45) is 0 Å². The van der Waals surface area contributed by atoms with Crippen LogP contribution in [-0.4, -0.2) is 5.97 Å². The van der Waals surface area contributed by atoms with Crippen molar-refractivity contribution in [2.75, 3.05) is 0 Å². The summed E-state index contributed by atoms with van der Waals surface area (Å²) in [4.78, 5) is 11.0. The van der Waals surface area contributed by atoms with Crippen LogP contribution in [0.15, 0.2) is 24.3 Å². The van der Waals surface area contributed by atoms with Crippen molar-refractivity contribution in [1.82, 2.24) is 0 Å². The molecule has 4 heteroatoms. The molecule has 0 fully saturated rings. The zero-order valence-corrected chi connectivity index (χ0v) is 12.0. The number of hydrogen-bond acceptors (Lipinski definition) is 3. The maximum atomic E-state index is 10.7. The van der Waals surface area contributed by atoms with E-state index in [1.165, 1.54) is 11.3 Å². The second-order valence-electron chi connectivity index (χ2n) is 2.84. The quantitative estimate of drug-likeness (QED) is 0.564. The van der Waals surface area contributed by atoms with E-state index in [0.29, 0.717) is 4.88 Å². The molecule has 1 aromatic carbocycles. The fourth-order valence-electron chi connectivity index (χ4n) is 1.37. The molecular weight excluding hydrogens is 223 g/mol. The molecule has 0 amide bonds. The Labute approximate surface area is 128 Å². The predicted octanol–water partition coefficient (Wildman–Crippen LogP) is -1.42. The summed E-state index contributed by atoms with van der Waals surface area (Å²) < 4.78 is 0.999. The number of carbonyl (C=O) groups excluding carboxylic acids is 1. The van der Waals surface area contributed by atoms with Crippen LogP contribution in [0.4, 0.5) is 0 Å². The number of carbonyl (C=O) groups is 1. The van der Waals surface area contributed by atoms with E-state index in [-0.39, 0.29) is 51.4 Å². The maximum Gasteiger partial charge on any atom is 1.00 e. The Hall–Kier alpha value is 0.286. The van der Waals surface area contributed by atoms with Gasteiger partial charge in [0.2, 0.25) is 0 Å². The molecule has 2 nitrogen and oxygen atoms in total. The number of aromatic carboxylic acids is 1. The Bertz CT molecular complexity index is 476. The fraction of sp³-hybridized carbons (Fsp3) is 0.100. The molecule has 0 spiro atoms. The molecule has 0 atom stereocenters. The Balaban J connectivity index is 0.000000980. The molecule has 0 N–H and O–H groups in total. The van der Waals surface area contributed by atoms with Crippen LogP contribution in [-0.2, 0) is 0 Å². The monoisotopic (exact) mass is 230 g/mol. The van der Waals surface area contributed by atoms with E-state index < -0.39 is 5.97 Å². The van der Waals surface area contributed by atoms with Crippen LogP contribution < -0.4 is 56.5 Å². The molecule has 0 aliphatic carbocycles. The van der Waals surface area contributed by atoms with Crippen LogP contribution in [0.3, 0.4) is 0 Å². The van der Waals surface area contributed by atoms with E-state index in [2.05, 4.69) is 0 Å². The average molecular weight is 230 g/mol. The molecule has 0 saturated carbocycles. The van der Waals surface area contributed by atoms with E-state index in [1.54, 1.807) is 0 Å². The summed E-state index contributed by atoms with van der Waals surface area (Å²) in [5, 5.41) is 11.7. The second-order valence-corrected chi connectivity index (χ2v) is 3.89. The first-order chi connectivity index (χ1) is 6.20. The van der Waals surface area contributed by atoms with Crippen molar-refractivity contribution in [2.45, 2.75) is 6.92 Å². The maximum absolute atomic E-state index is 10.7. The molecule has 14 heavy (non-hydrogen) atoms. The van der Waals surface area contributed by atoms with Gasteiger partial charge in [-0.25, -0.2) is 0 Å². The standard InChI is InChI=1S/C10H8O2S.K/c1-6-7-4-2-3-5-8(7)13-9(6)10(11)12;/h2-5H,1H3,(H,11,12);/q;+1/p-1. The first-order valence-electron chi connectivity index (χ1n) is 3.89. The van der Waals surface area contributed by atoms with Gasteiger partial charge in [0.05, 0.1) is 10.8 Å². The van der Waals surface area contributed by atoms with E-state index in [9.17, 15) is 9.90 Å². The Morgan fingerprint density at radius 1 is 1.36 bits per heavy atom. The van der Waals surface area contributed by atoms with Gasteiger partial charge in [0.15, 0.2) is 0 Å². The predicted molar refractivity (Wildman–Crippen MR) is 50.9 cm³/mol. The van der Waals surface area contributed by atoms with Gasteiger partial charge in [-0.05, 0) is 23.9 Å².